The molecule has 3 aromatic rings. The molecule has 5 nitrogen and oxygen atoms in total. The molecule has 1 atom stereocenters. The summed E-state index contributed by atoms with van der Waals surface area (Å²) in [5.41, 5.74) is 4.55. The molecule has 0 amide bonds. The largest absolute Gasteiger partial charge is 0.264 e. The fraction of sp³-hybridized carbons (Fsp3) is 0.250. The number of tetrazole rings is 1. The van der Waals surface area contributed by atoms with Gasteiger partial charge in [0, 0.05) is 17.6 Å². The van der Waals surface area contributed by atoms with E-state index in [2.05, 4.69) is 65.5 Å². The first-order valence-electron chi connectivity index (χ1n) is 7.08. The highest BCUT2D eigenvalue weighted by Gasteiger charge is 2.15. The lowest BCUT2D eigenvalue weighted by molar-refractivity contribution is 0.750. The Kier molecular flexibility index (Phi) is 4.20. The number of rotatable bonds is 4. The number of nitrogens with zero attached hydrogens (tertiary/aromatic N) is 5. The zero-order valence-electron chi connectivity index (χ0n) is 12.8. The zero-order chi connectivity index (χ0) is 15.5. The van der Waals surface area contributed by atoms with Gasteiger partial charge in [0.2, 0.25) is 5.16 Å². The van der Waals surface area contributed by atoms with Crippen molar-refractivity contribution in [3.8, 4) is 5.69 Å². The molecule has 0 bridgehead atoms. The minimum absolute atomic E-state index is 0.226. The number of aromatic nitrogens is 5. The molecule has 22 heavy (non-hydrogen) atoms. The molecule has 0 aliphatic heterocycles. The number of hydrogen-bond acceptors (Lipinski definition) is 5. The predicted octanol–water partition coefficient (Wildman–Crippen LogP) is 3.53. The molecular weight excluding hydrogens is 294 g/mol. The third-order valence-corrected chi connectivity index (χ3v) is 4.55. The Morgan fingerprint density at radius 3 is 2.77 bits per heavy atom. The smallest absolute Gasteiger partial charge is 0.214 e. The molecule has 0 N–H and O–H groups in total. The first kappa shape index (κ1) is 14.7. The molecule has 1 aromatic carbocycles. The van der Waals surface area contributed by atoms with Crippen molar-refractivity contribution in [3.05, 3.63) is 59.4 Å². The van der Waals surface area contributed by atoms with Crippen LogP contribution in [0.3, 0.4) is 0 Å². The molecule has 0 aliphatic rings. The lowest BCUT2D eigenvalue weighted by Crippen LogP contribution is -2.02. The summed E-state index contributed by atoms with van der Waals surface area (Å²) >= 11 is 1.62. The Morgan fingerprint density at radius 1 is 1.18 bits per heavy atom. The maximum atomic E-state index is 4.17. The highest BCUT2D eigenvalue weighted by atomic mass is 32.2. The first-order chi connectivity index (χ1) is 10.6. The molecule has 2 heterocycles. The van der Waals surface area contributed by atoms with Crippen molar-refractivity contribution < 1.29 is 0 Å². The molecule has 3 rings (SSSR count). The van der Waals surface area contributed by atoms with Crippen LogP contribution < -0.4 is 0 Å². The minimum atomic E-state index is 0.226. The van der Waals surface area contributed by atoms with Gasteiger partial charge in [-0.15, -0.1) is 5.10 Å². The maximum absolute atomic E-state index is 4.17. The molecule has 112 valence electrons. The van der Waals surface area contributed by atoms with Crippen LogP contribution in [0.25, 0.3) is 5.69 Å². The fourth-order valence-corrected chi connectivity index (χ4v) is 3.20. The van der Waals surface area contributed by atoms with Crippen LogP contribution in [0.4, 0.5) is 0 Å². The summed E-state index contributed by atoms with van der Waals surface area (Å²) in [7, 11) is 0. The zero-order valence-corrected chi connectivity index (χ0v) is 13.6. The van der Waals surface area contributed by atoms with Crippen LogP contribution in [0.2, 0.25) is 0 Å². The Hall–Kier alpha value is -2.21. The van der Waals surface area contributed by atoms with Crippen molar-refractivity contribution in [1.29, 1.82) is 0 Å². The molecule has 0 aliphatic carbocycles. The summed E-state index contributed by atoms with van der Waals surface area (Å²) in [6, 6.07) is 10.3. The molecule has 0 saturated carbocycles. The summed E-state index contributed by atoms with van der Waals surface area (Å²) < 4.78 is 1.80. The van der Waals surface area contributed by atoms with Gasteiger partial charge in [-0.25, -0.2) is 0 Å². The van der Waals surface area contributed by atoms with Gasteiger partial charge < -0.3 is 0 Å². The molecule has 0 saturated heterocycles. The SMILES string of the molecule is Cc1ccc(-n2nnnc2S[C@@H](C)c2cccnc2)c(C)c1. The third kappa shape index (κ3) is 3.01. The van der Waals surface area contributed by atoms with Crippen LogP contribution in [-0.4, -0.2) is 25.2 Å². The molecule has 0 unspecified atom stereocenters. The van der Waals surface area contributed by atoms with E-state index in [9.17, 15) is 0 Å². The second-order valence-corrected chi connectivity index (χ2v) is 6.52. The summed E-state index contributed by atoms with van der Waals surface area (Å²) in [6.07, 6.45) is 3.66. The number of hydrogen-bond donors (Lipinski definition) is 0. The standard InChI is InChI=1S/C16H17N5S/c1-11-6-7-15(12(2)9-11)21-16(18-19-20-21)22-13(3)14-5-4-8-17-10-14/h4-10,13H,1-3H3/t13-/m0/s1. The van der Waals surface area contributed by atoms with Crippen LogP contribution in [0.15, 0.2) is 47.9 Å². The summed E-state index contributed by atoms with van der Waals surface area (Å²) in [5.74, 6) is 0. The van der Waals surface area contributed by atoms with Crippen LogP contribution >= 0.6 is 11.8 Å². The van der Waals surface area contributed by atoms with Crippen LogP contribution in [0.1, 0.15) is 28.9 Å². The Morgan fingerprint density at radius 2 is 2.05 bits per heavy atom. The first-order valence-corrected chi connectivity index (χ1v) is 7.95. The van der Waals surface area contributed by atoms with E-state index < -0.39 is 0 Å². The molecule has 0 fully saturated rings. The van der Waals surface area contributed by atoms with Crippen molar-refractivity contribution in [2.45, 2.75) is 31.2 Å². The van der Waals surface area contributed by atoms with Crippen LogP contribution in [0, 0.1) is 13.8 Å². The highest BCUT2D eigenvalue weighted by Crippen LogP contribution is 2.33. The van der Waals surface area contributed by atoms with Gasteiger partial charge in [0.25, 0.3) is 0 Å². The minimum Gasteiger partial charge on any atom is -0.264 e. The van der Waals surface area contributed by atoms with Gasteiger partial charge in [-0.2, -0.15) is 4.68 Å². The van der Waals surface area contributed by atoms with Gasteiger partial charge in [0.1, 0.15) is 0 Å². The number of thioether (sulfide) groups is 1. The second-order valence-electron chi connectivity index (χ2n) is 5.21. The van der Waals surface area contributed by atoms with Crippen molar-refractivity contribution in [2.75, 3.05) is 0 Å². The van der Waals surface area contributed by atoms with Crippen molar-refractivity contribution >= 4 is 11.8 Å². The summed E-state index contributed by atoms with van der Waals surface area (Å²) in [6.45, 7) is 6.28. The van der Waals surface area contributed by atoms with Gasteiger partial charge in [0.15, 0.2) is 0 Å². The van der Waals surface area contributed by atoms with E-state index in [1.54, 1.807) is 22.6 Å². The molecule has 6 heteroatoms. The van der Waals surface area contributed by atoms with Gasteiger partial charge in [0.05, 0.1) is 5.69 Å². The maximum Gasteiger partial charge on any atom is 0.214 e. The number of pyridine rings is 1. The molecular formula is C16H17N5S. The van der Waals surface area contributed by atoms with Gasteiger partial charge in [-0.1, -0.05) is 35.5 Å². The second kappa shape index (κ2) is 6.27. The topological polar surface area (TPSA) is 56.5 Å². The summed E-state index contributed by atoms with van der Waals surface area (Å²) in [5, 5.41) is 13.2. The highest BCUT2D eigenvalue weighted by molar-refractivity contribution is 7.99. The van der Waals surface area contributed by atoms with Crippen LogP contribution in [0.5, 0.6) is 0 Å². The van der Waals surface area contributed by atoms with E-state index in [-0.39, 0.29) is 5.25 Å². The summed E-state index contributed by atoms with van der Waals surface area (Å²) in [4.78, 5) is 4.17. The normalized spacial score (nSPS) is 12.3. The van der Waals surface area contributed by atoms with Gasteiger partial charge in [-0.3, -0.25) is 4.98 Å². The molecule has 0 spiro atoms. The third-order valence-electron chi connectivity index (χ3n) is 3.46. The lowest BCUT2D eigenvalue weighted by atomic mass is 10.1. The number of benzene rings is 1. The van der Waals surface area contributed by atoms with E-state index in [1.165, 1.54) is 5.56 Å². The average molecular weight is 311 g/mol. The van der Waals surface area contributed by atoms with Crippen molar-refractivity contribution in [3.63, 3.8) is 0 Å². The van der Waals surface area contributed by atoms with E-state index in [1.807, 2.05) is 12.3 Å². The fourth-order valence-electron chi connectivity index (χ4n) is 2.29. The van der Waals surface area contributed by atoms with E-state index in [4.69, 9.17) is 0 Å². The Bertz CT molecular complexity index is 769. The average Bonchev–Trinajstić information content (AvgIpc) is 2.96. The molecule has 0 radical (unpaired) electrons. The van der Waals surface area contributed by atoms with Crippen LogP contribution in [-0.2, 0) is 0 Å². The van der Waals surface area contributed by atoms with Crippen molar-refractivity contribution in [1.82, 2.24) is 25.2 Å². The number of aryl methyl sites for hydroxylation is 2. The van der Waals surface area contributed by atoms with E-state index >= 15 is 0 Å². The van der Waals surface area contributed by atoms with Gasteiger partial charge >= 0.3 is 0 Å². The lowest BCUT2D eigenvalue weighted by Gasteiger charge is -2.12. The Labute approximate surface area is 133 Å². The predicted molar refractivity (Wildman–Crippen MR) is 87.1 cm³/mol. The quantitative estimate of drug-likeness (QED) is 0.690. The molecule has 2 aromatic heterocycles. The van der Waals surface area contributed by atoms with Crippen molar-refractivity contribution in [2.24, 2.45) is 0 Å². The monoisotopic (exact) mass is 311 g/mol. The Balaban J connectivity index is 1.89. The van der Waals surface area contributed by atoms with Gasteiger partial charge in [-0.05, 0) is 54.5 Å². The van der Waals surface area contributed by atoms with E-state index in [0.29, 0.717) is 0 Å². The van der Waals surface area contributed by atoms with E-state index in [0.717, 1.165) is 22.0 Å².